The molecular weight excluding hydrogens is 415 g/mol. The van der Waals surface area contributed by atoms with E-state index in [1.807, 2.05) is 24.4 Å². The van der Waals surface area contributed by atoms with Gasteiger partial charge in [0.25, 0.3) is 5.91 Å². The molecule has 0 fully saturated rings. The van der Waals surface area contributed by atoms with E-state index in [1.54, 1.807) is 12.1 Å². The normalized spacial score (nSPS) is 10.6. The molecule has 0 aliphatic rings. The highest BCUT2D eigenvalue weighted by atomic mass is 35.5. The zero-order valence-corrected chi connectivity index (χ0v) is 16.6. The van der Waals surface area contributed by atoms with E-state index in [2.05, 4.69) is 10.3 Å². The van der Waals surface area contributed by atoms with E-state index in [9.17, 15) is 4.79 Å². The van der Waals surface area contributed by atoms with Crippen LogP contribution in [0, 0.1) is 6.92 Å². The highest BCUT2D eigenvalue weighted by Crippen LogP contribution is 2.27. The number of carbonyl (C=O) groups excluding carboxylic acids is 1. The van der Waals surface area contributed by atoms with Crippen LogP contribution in [0.15, 0.2) is 41.9 Å². The number of pyridine rings is 1. The fourth-order valence-corrected chi connectivity index (χ4v) is 3.52. The number of nitrogens with zero attached hydrogens (tertiary/aromatic N) is 1. The minimum absolute atomic E-state index is 0.263. The summed E-state index contributed by atoms with van der Waals surface area (Å²) >= 11 is 19.2. The maximum atomic E-state index is 12.3. The summed E-state index contributed by atoms with van der Waals surface area (Å²) in [6, 6.07) is 8.86. The monoisotopic (exact) mass is 426 g/mol. The van der Waals surface area contributed by atoms with Gasteiger partial charge in [0.05, 0.1) is 19.9 Å². The third-order valence-corrected chi connectivity index (χ3v) is 5.18. The first-order chi connectivity index (χ1) is 12.4. The number of hydrogen-bond acceptors (Lipinski definition) is 4. The van der Waals surface area contributed by atoms with Gasteiger partial charge in [-0.15, -0.1) is 11.3 Å². The summed E-state index contributed by atoms with van der Waals surface area (Å²) in [5.74, 6) is 0.575. The van der Waals surface area contributed by atoms with Gasteiger partial charge in [0.15, 0.2) is 5.82 Å². The van der Waals surface area contributed by atoms with Crippen LogP contribution >= 0.6 is 46.1 Å². The van der Waals surface area contributed by atoms with Crippen LogP contribution in [0.25, 0.3) is 0 Å². The first-order valence-corrected chi connectivity index (χ1v) is 9.52. The molecule has 3 rings (SSSR count). The number of ether oxygens (including phenoxy) is 1. The second kappa shape index (κ2) is 8.27. The van der Waals surface area contributed by atoms with E-state index in [-0.39, 0.29) is 16.7 Å². The standard InChI is InChI=1S/C18H13Cl3N2O2S/c1-10-2-3-13(20)15(4-10)25-8-11-5-16(26-9-11)18(24)23-17-14(21)6-12(19)7-22-17/h2-7,9H,8H2,1H3,(H,22,23,24). The van der Waals surface area contributed by atoms with Crippen LogP contribution in [-0.2, 0) is 6.61 Å². The lowest BCUT2D eigenvalue weighted by atomic mass is 10.2. The Morgan fingerprint density at radius 3 is 2.77 bits per heavy atom. The third kappa shape index (κ3) is 4.68. The number of nitrogens with one attached hydrogen (secondary N) is 1. The van der Waals surface area contributed by atoms with Crippen LogP contribution in [0.2, 0.25) is 15.1 Å². The van der Waals surface area contributed by atoms with Crippen molar-refractivity contribution >= 4 is 57.9 Å². The van der Waals surface area contributed by atoms with Gasteiger partial charge >= 0.3 is 0 Å². The molecule has 4 nitrogen and oxygen atoms in total. The number of rotatable bonds is 5. The molecule has 2 heterocycles. The molecule has 134 valence electrons. The molecule has 1 N–H and O–H groups in total. The summed E-state index contributed by atoms with van der Waals surface area (Å²) in [7, 11) is 0. The van der Waals surface area contributed by atoms with Gasteiger partial charge in [-0.2, -0.15) is 0 Å². The predicted molar refractivity (Wildman–Crippen MR) is 107 cm³/mol. The number of thiophene rings is 1. The summed E-state index contributed by atoms with van der Waals surface area (Å²) in [6.07, 6.45) is 1.42. The van der Waals surface area contributed by atoms with Crippen molar-refractivity contribution in [2.75, 3.05) is 5.32 Å². The van der Waals surface area contributed by atoms with E-state index in [4.69, 9.17) is 39.5 Å². The summed E-state index contributed by atoms with van der Waals surface area (Å²) in [5.41, 5.74) is 1.93. The van der Waals surface area contributed by atoms with Crippen molar-refractivity contribution in [1.29, 1.82) is 0 Å². The number of anilines is 1. The second-order valence-electron chi connectivity index (χ2n) is 5.48. The smallest absolute Gasteiger partial charge is 0.266 e. The molecule has 0 radical (unpaired) electrons. The second-order valence-corrected chi connectivity index (χ2v) is 7.64. The quantitative estimate of drug-likeness (QED) is 0.524. The van der Waals surface area contributed by atoms with Gasteiger partial charge in [-0.1, -0.05) is 40.9 Å². The molecule has 0 aliphatic heterocycles. The number of hydrogen-bond donors (Lipinski definition) is 1. The summed E-state index contributed by atoms with van der Waals surface area (Å²) < 4.78 is 5.74. The van der Waals surface area contributed by atoms with Gasteiger partial charge in [-0.05, 0) is 42.1 Å². The highest BCUT2D eigenvalue weighted by Gasteiger charge is 2.13. The van der Waals surface area contributed by atoms with Crippen LogP contribution in [0.4, 0.5) is 5.82 Å². The highest BCUT2D eigenvalue weighted by molar-refractivity contribution is 7.12. The number of halogens is 3. The Hall–Kier alpha value is -1.79. The van der Waals surface area contributed by atoms with Crippen LogP contribution in [0.3, 0.4) is 0 Å². The van der Waals surface area contributed by atoms with Crippen LogP contribution in [0.1, 0.15) is 20.8 Å². The van der Waals surface area contributed by atoms with Gasteiger partial charge < -0.3 is 10.1 Å². The van der Waals surface area contributed by atoms with Crippen molar-refractivity contribution in [3.8, 4) is 5.75 Å². The first kappa shape index (κ1) is 19.0. The average Bonchev–Trinajstić information content (AvgIpc) is 3.07. The molecule has 0 bridgehead atoms. The fourth-order valence-electron chi connectivity index (χ4n) is 2.13. The van der Waals surface area contributed by atoms with E-state index in [0.29, 0.717) is 27.3 Å². The van der Waals surface area contributed by atoms with Gasteiger partial charge in [0, 0.05) is 11.8 Å². The molecule has 8 heteroatoms. The Bertz CT molecular complexity index is 959. The molecular formula is C18H13Cl3N2O2S. The van der Waals surface area contributed by atoms with Crippen molar-refractivity contribution in [2.45, 2.75) is 13.5 Å². The Morgan fingerprint density at radius 2 is 2.00 bits per heavy atom. The maximum Gasteiger partial charge on any atom is 0.266 e. The van der Waals surface area contributed by atoms with E-state index in [0.717, 1.165) is 11.1 Å². The van der Waals surface area contributed by atoms with E-state index >= 15 is 0 Å². The fraction of sp³-hybridized carbons (Fsp3) is 0.111. The van der Waals surface area contributed by atoms with Gasteiger partial charge in [-0.25, -0.2) is 4.98 Å². The summed E-state index contributed by atoms with van der Waals surface area (Å²) in [5, 5.41) is 5.75. The molecule has 1 amide bonds. The van der Waals surface area contributed by atoms with Gasteiger partial charge in [0.1, 0.15) is 12.4 Å². The Labute approximate surface area is 169 Å². The minimum atomic E-state index is -0.299. The first-order valence-electron chi connectivity index (χ1n) is 7.51. The Kier molecular flexibility index (Phi) is 6.04. The third-order valence-electron chi connectivity index (χ3n) is 3.40. The number of carbonyl (C=O) groups is 1. The van der Waals surface area contributed by atoms with Crippen LogP contribution in [0.5, 0.6) is 5.75 Å². The molecule has 0 unspecified atom stereocenters. The molecule has 0 spiro atoms. The SMILES string of the molecule is Cc1ccc(Cl)c(OCc2csc(C(=O)Nc3ncc(Cl)cc3Cl)c2)c1. The number of aromatic nitrogens is 1. The predicted octanol–water partition coefficient (Wildman–Crippen LogP) is 6.24. The molecule has 0 saturated carbocycles. The molecule has 0 saturated heterocycles. The van der Waals surface area contributed by atoms with E-state index < -0.39 is 0 Å². The summed E-state index contributed by atoms with van der Waals surface area (Å²) in [4.78, 5) is 16.9. The number of aryl methyl sites for hydroxylation is 1. The molecule has 26 heavy (non-hydrogen) atoms. The van der Waals surface area contributed by atoms with Gasteiger partial charge in [0.2, 0.25) is 0 Å². The Morgan fingerprint density at radius 1 is 1.19 bits per heavy atom. The molecule has 0 aliphatic carbocycles. The average molecular weight is 428 g/mol. The summed E-state index contributed by atoms with van der Waals surface area (Å²) in [6.45, 7) is 2.28. The van der Waals surface area contributed by atoms with Crippen molar-refractivity contribution in [2.24, 2.45) is 0 Å². The molecule has 3 aromatic rings. The van der Waals surface area contributed by atoms with Crippen LogP contribution < -0.4 is 10.1 Å². The topological polar surface area (TPSA) is 51.2 Å². The molecule has 0 atom stereocenters. The van der Waals surface area contributed by atoms with Crippen molar-refractivity contribution in [3.63, 3.8) is 0 Å². The lowest BCUT2D eigenvalue weighted by Crippen LogP contribution is -2.11. The zero-order valence-electron chi connectivity index (χ0n) is 13.6. The Balaban J connectivity index is 1.65. The molecule has 2 aromatic heterocycles. The number of benzene rings is 1. The lowest BCUT2D eigenvalue weighted by Gasteiger charge is -2.07. The van der Waals surface area contributed by atoms with Crippen molar-refractivity contribution in [1.82, 2.24) is 4.98 Å². The van der Waals surface area contributed by atoms with Crippen molar-refractivity contribution < 1.29 is 9.53 Å². The zero-order chi connectivity index (χ0) is 18.7. The van der Waals surface area contributed by atoms with Crippen LogP contribution in [-0.4, -0.2) is 10.9 Å². The van der Waals surface area contributed by atoms with Crippen molar-refractivity contribution in [3.05, 3.63) is 73.0 Å². The maximum absolute atomic E-state index is 12.3. The van der Waals surface area contributed by atoms with E-state index in [1.165, 1.54) is 23.6 Å². The number of amides is 1. The molecule has 1 aromatic carbocycles. The largest absolute Gasteiger partial charge is 0.487 e. The minimum Gasteiger partial charge on any atom is -0.487 e. The van der Waals surface area contributed by atoms with Gasteiger partial charge in [-0.3, -0.25) is 4.79 Å². The lowest BCUT2D eigenvalue weighted by molar-refractivity contribution is 0.103.